The summed E-state index contributed by atoms with van der Waals surface area (Å²) in [7, 11) is 0. The second kappa shape index (κ2) is 14.7. The molecular weight excluding hydrogens is 753 g/mol. The van der Waals surface area contributed by atoms with Gasteiger partial charge in [0.15, 0.2) is 5.82 Å². The molecule has 4 heteroatoms. The molecule has 0 fully saturated rings. The summed E-state index contributed by atoms with van der Waals surface area (Å²) in [6, 6.07) is 82.2. The molecule has 0 aliphatic carbocycles. The molecule has 4 nitrogen and oxygen atoms in total. The van der Waals surface area contributed by atoms with E-state index in [0.717, 1.165) is 45.0 Å². The van der Waals surface area contributed by atoms with Gasteiger partial charge in [0.05, 0.1) is 33.5 Å². The molecule has 12 aromatic rings. The van der Waals surface area contributed by atoms with Gasteiger partial charge in [0.2, 0.25) is 0 Å². The highest BCUT2D eigenvalue weighted by Crippen LogP contribution is 2.41. The maximum Gasteiger partial charge on any atom is 0.160 e. The molecule has 0 atom stereocenters. The van der Waals surface area contributed by atoms with E-state index < -0.39 is 0 Å². The summed E-state index contributed by atoms with van der Waals surface area (Å²) in [6.07, 6.45) is 0. The molecule has 0 spiro atoms. The Kier molecular flexibility index (Phi) is 8.46. The van der Waals surface area contributed by atoms with Crippen molar-refractivity contribution in [3.05, 3.63) is 231 Å². The van der Waals surface area contributed by atoms with Crippen LogP contribution in [0.2, 0.25) is 0 Å². The van der Waals surface area contributed by atoms with Crippen LogP contribution in [0.3, 0.4) is 0 Å². The number of nitrogens with zero attached hydrogens (tertiary/aromatic N) is 4. The lowest BCUT2D eigenvalue weighted by molar-refractivity contribution is 1.18. The van der Waals surface area contributed by atoms with Gasteiger partial charge in [-0.15, -0.1) is 0 Å². The average Bonchev–Trinajstić information content (AvgIpc) is 3.87. The van der Waals surface area contributed by atoms with E-state index in [4.69, 9.17) is 9.97 Å². The van der Waals surface area contributed by atoms with Crippen molar-refractivity contribution in [3.63, 3.8) is 0 Å². The van der Waals surface area contributed by atoms with Crippen LogP contribution in [0.5, 0.6) is 0 Å². The third kappa shape index (κ3) is 6.00. The largest absolute Gasteiger partial charge is 0.309 e. The number of hydrogen-bond acceptors (Lipinski definition) is 2. The van der Waals surface area contributed by atoms with E-state index in [1.54, 1.807) is 0 Å². The van der Waals surface area contributed by atoms with E-state index in [1.807, 2.05) is 24.3 Å². The molecule has 0 bridgehead atoms. The van der Waals surface area contributed by atoms with Crippen LogP contribution in [0, 0.1) is 0 Å². The predicted octanol–water partition coefficient (Wildman–Crippen LogP) is 15.0. The van der Waals surface area contributed by atoms with Crippen LogP contribution >= 0.6 is 0 Å². The first-order valence-corrected chi connectivity index (χ1v) is 21.1. The van der Waals surface area contributed by atoms with Crippen LogP contribution in [0.25, 0.3) is 111 Å². The molecule has 0 aliphatic rings. The molecule has 0 aliphatic heterocycles. The Labute approximate surface area is 359 Å². The summed E-state index contributed by atoms with van der Waals surface area (Å²) < 4.78 is 4.80. The minimum Gasteiger partial charge on any atom is -0.309 e. The topological polar surface area (TPSA) is 35.6 Å². The van der Waals surface area contributed by atoms with Gasteiger partial charge in [0, 0.05) is 49.6 Å². The molecule has 0 N–H and O–H groups in total. The standard InChI is InChI=1S/C58H38N4/c1-4-16-40(17-5-1)51-38-52(60-58(59-51)42-18-6-2-7-19-42)41-32-30-39(31-33-41)47-26-15-29-55-57(47)50-25-11-13-28-54(50)62(55)46-23-14-20-43(36-46)44-34-35-49-48-24-10-12-27-53(48)61(56(49)37-44)45-21-8-3-9-22-45/h1-38H. The molecule has 12 rings (SSSR count). The lowest BCUT2D eigenvalue weighted by atomic mass is 9.97. The van der Waals surface area contributed by atoms with Crippen molar-refractivity contribution in [1.82, 2.24) is 19.1 Å². The molecule has 9 aromatic carbocycles. The van der Waals surface area contributed by atoms with Crippen LogP contribution in [-0.4, -0.2) is 19.1 Å². The second-order valence-electron chi connectivity index (χ2n) is 15.8. The third-order valence-corrected chi connectivity index (χ3v) is 12.1. The first-order chi connectivity index (χ1) is 30.7. The van der Waals surface area contributed by atoms with Crippen LogP contribution in [0.1, 0.15) is 0 Å². The molecule has 3 aromatic heterocycles. The molecule has 0 unspecified atom stereocenters. The van der Waals surface area contributed by atoms with Gasteiger partial charge in [-0.2, -0.15) is 0 Å². The Morgan fingerprint density at radius 1 is 0.274 bits per heavy atom. The van der Waals surface area contributed by atoms with E-state index in [1.165, 1.54) is 60.3 Å². The molecule has 0 saturated carbocycles. The fourth-order valence-electron chi connectivity index (χ4n) is 9.26. The van der Waals surface area contributed by atoms with Crippen molar-refractivity contribution in [3.8, 4) is 67.5 Å². The summed E-state index contributed by atoms with van der Waals surface area (Å²) in [6.45, 7) is 0. The van der Waals surface area contributed by atoms with E-state index in [2.05, 4.69) is 215 Å². The van der Waals surface area contributed by atoms with E-state index in [9.17, 15) is 0 Å². The smallest absolute Gasteiger partial charge is 0.160 e. The van der Waals surface area contributed by atoms with Gasteiger partial charge >= 0.3 is 0 Å². The van der Waals surface area contributed by atoms with Crippen molar-refractivity contribution in [2.45, 2.75) is 0 Å². The Bertz CT molecular complexity index is 3550. The average molecular weight is 791 g/mol. The Morgan fingerprint density at radius 3 is 1.50 bits per heavy atom. The highest BCUT2D eigenvalue weighted by molar-refractivity contribution is 6.16. The zero-order valence-electron chi connectivity index (χ0n) is 33.7. The summed E-state index contributed by atoms with van der Waals surface area (Å²) in [5.74, 6) is 0.712. The highest BCUT2D eigenvalue weighted by Gasteiger charge is 2.18. The van der Waals surface area contributed by atoms with Gasteiger partial charge in [-0.25, -0.2) is 9.97 Å². The van der Waals surface area contributed by atoms with Crippen LogP contribution < -0.4 is 0 Å². The van der Waals surface area contributed by atoms with Gasteiger partial charge in [-0.3, -0.25) is 0 Å². The number of para-hydroxylation sites is 3. The van der Waals surface area contributed by atoms with Gasteiger partial charge in [-0.1, -0.05) is 176 Å². The van der Waals surface area contributed by atoms with Gasteiger partial charge in [-0.05, 0) is 76.9 Å². The van der Waals surface area contributed by atoms with Gasteiger partial charge < -0.3 is 9.13 Å². The second-order valence-corrected chi connectivity index (χ2v) is 15.8. The molecular formula is C58H38N4. The van der Waals surface area contributed by atoms with Gasteiger partial charge in [0.25, 0.3) is 0 Å². The summed E-state index contributed by atoms with van der Waals surface area (Å²) in [4.78, 5) is 10.1. The number of fused-ring (bicyclic) bond motifs is 6. The maximum absolute atomic E-state index is 5.09. The number of aromatic nitrogens is 4. The third-order valence-electron chi connectivity index (χ3n) is 12.1. The summed E-state index contributed by atoms with van der Waals surface area (Å²) >= 11 is 0. The van der Waals surface area contributed by atoms with Crippen LogP contribution in [-0.2, 0) is 0 Å². The van der Waals surface area contributed by atoms with Crippen molar-refractivity contribution < 1.29 is 0 Å². The first kappa shape index (κ1) is 35.6. The van der Waals surface area contributed by atoms with Crippen LogP contribution in [0.15, 0.2) is 231 Å². The van der Waals surface area contributed by atoms with Gasteiger partial charge in [0.1, 0.15) is 0 Å². The predicted molar refractivity (Wildman–Crippen MR) is 258 cm³/mol. The van der Waals surface area contributed by atoms with E-state index in [0.29, 0.717) is 5.82 Å². The molecule has 62 heavy (non-hydrogen) atoms. The number of benzene rings is 9. The van der Waals surface area contributed by atoms with E-state index in [-0.39, 0.29) is 0 Å². The fraction of sp³-hybridized carbons (Fsp3) is 0. The first-order valence-electron chi connectivity index (χ1n) is 21.1. The fourth-order valence-corrected chi connectivity index (χ4v) is 9.26. The molecule has 0 saturated heterocycles. The summed E-state index contributed by atoms with van der Waals surface area (Å²) in [5.41, 5.74) is 16.6. The number of rotatable bonds is 7. The molecule has 0 radical (unpaired) electrons. The lowest BCUT2D eigenvalue weighted by Gasteiger charge is -2.12. The zero-order chi connectivity index (χ0) is 41.0. The molecule has 0 amide bonds. The Hall–Kier alpha value is -8.34. The van der Waals surface area contributed by atoms with Crippen molar-refractivity contribution in [1.29, 1.82) is 0 Å². The number of hydrogen-bond donors (Lipinski definition) is 0. The van der Waals surface area contributed by atoms with Crippen molar-refractivity contribution >= 4 is 43.6 Å². The van der Waals surface area contributed by atoms with E-state index >= 15 is 0 Å². The minimum absolute atomic E-state index is 0.712. The maximum atomic E-state index is 5.09. The highest BCUT2D eigenvalue weighted by atomic mass is 15.0. The zero-order valence-corrected chi connectivity index (χ0v) is 33.7. The minimum atomic E-state index is 0.712. The van der Waals surface area contributed by atoms with Crippen molar-refractivity contribution in [2.24, 2.45) is 0 Å². The SMILES string of the molecule is c1ccc(-c2cc(-c3ccc(-c4cccc5c4c4ccccc4n5-c4cccc(-c5ccc6c7ccccc7n(-c7ccccc7)c6c5)c4)cc3)nc(-c3ccccc3)n2)cc1. The van der Waals surface area contributed by atoms with Crippen molar-refractivity contribution in [2.75, 3.05) is 0 Å². The Balaban J connectivity index is 0.958. The molecule has 3 heterocycles. The monoisotopic (exact) mass is 790 g/mol. The lowest BCUT2D eigenvalue weighted by Crippen LogP contribution is -1.96. The van der Waals surface area contributed by atoms with Crippen LogP contribution in [0.4, 0.5) is 0 Å². The molecule has 290 valence electrons. The quantitative estimate of drug-likeness (QED) is 0.161. The Morgan fingerprint density at radius 2 is 0.758 bits per heavy atom. The summed E-state index contributed by atoms with van der Waals surface area (Å²) in [5, 5.41) is 4.95. The normalized spacial score (nSPS) is 11.5.